The van der Waals surface area contributed by atoms with Crippen molar-refractivity contribution in [1.82, 2.24) is 0 Å². The van der Waals surface area contributed by atoms with Gasteiger partial charge in [0.1, 0.15) is 19.0 Å². The highest BCUT2D eigenvalue weighted by molar-refractivity contribution is 5.03. The molecular weight excluding hydrogens is 202 g/mol. The minimum Gasteiger partial charge on any atom is -0.387 e. The van der Waals surface area contributed by atoms with E-state index in [-0.39, 0.29) is 0 Å². The van der Waals surface area contributed by atoms with Gasteiger partial charge in [0, 0.05) is 24.8 Å². The van der Waals surface area contributed by atoms with Crippen molar-refractivity contribution in [1.29, 1.82) is 0 Å². The second-order valence-electron chi connectivity index (χ2n) is 3.90. The van der Waals surface area contributed by atoms with Crippen molar-refractivity contribution in [3.05, 3.63) is 0 Å². The van der Waals surface area contributed by atoms with Crippen molar-refractivity contribution in [3.63, 3.8) is 0 Å². The summed E-state index contributed by atoms with van der Waals surface area (Å²) in [7, 11) is 0. The number of hydrogen-bond donors (Lipinski definition) is 2. The highest BCUT2D eigenvalue weighted by Gasteiger charge is 2.57. The van der Waals surface area contributed by atoms with Crippen LogP contribution in [-0.2, 0) is 0 Å². The highest BCUT2D eigenvalue weighted by Crippen LogP contribution is 2.47. The Hall–Kier alpha value is -0.360. The second-order valence-corrected chi connectivity index (χ2v) is 3.90. The molecule has 1 fully saturated rings. The molecule has 0 spiro atoms. The van der Waals surface area contributed by atoms with E-state index in [0.717, 1.165) is 0 Å². The van der Waals surface area contributed by atoms with E-state index >= 15 is 0 Å². The Morgan fingerprint density at radius 2 is 2.00 bits per heavy atom. The fraction of sp³-hybridized carbons (Fsp3) is 1.00. The van der Waals surface area contributed by atoms with Crippen LogP contribution in [0.15, 0.2) is 0 Å². The smallest absolute Gasteiger partial charge is 0.251 e. The Bertz CT molecular complexity index is 214. The fourth-order valence-electron chi connectivity index (χ4n) is 1.97. The van der Waals surface area contributed by atoms with Gasteiger partial charge in [-0.15, -0.1) is 0 Å². The van der Waals surface area contributed by atoms with E-state index in [1.165, 1.54) is 0 Å². The molecule has 3 N–H and O–H groups in total. The standard InChI is InChI=1S/C8H13F4NO/c9-2-6(13)5-1-8(11,12)3-7(5,14)4-10/h5-6,14H,1-4,13H2. The normalized spacial score (nSPS) is 38.6. The minimum absolute atomic E-state index is 0.751. The van der Waals surface area contributed by atoms with E-state index in [1.807, 2.05) is 0 Å². The Balaban J connectivity index is 2.83. The molecule has 0 aromatic carbocycles. The quantitative estimate of drug-likeness (QED) is 0.691. The van der Waals surface area contributed by atoms with Gasteiger partial charge in [0.2, 0.25) is 0 Å². The fourth-order valence-corrected chi connectivity index (χ4v) is 1.97. The molecular formula is C8H13F4NO. The van der Waals surface area contributed by atoms with Crippen LogP contribution in [0.25, 0.3) is 0 Å². The van der Waals surface area contributed by atoms with E-state index in [4.69, 9.17) is 5.73 Å². The average molecular weight is 215 g/mol. The summed E-state index contributed by atoms with van der Waals surface area (Å²) in [6, 6.07) is -1.23. The van der Waals surface area contributed by atoms with Crippen molar-refractivity contribution in [3.8, 4) is 0 Å². The first-order valence-corrected chi connectivity index (χ1v) is 4.32. The van der Waals surface area contributed by atoms with Crippen LogP contribution in [0.5, 0.6) is 0 Å². The summed E-state index contributed by atoms with van der Waals surface area (Å²) in [4.78, 5) is 0. The summed E-state index contributed by atoms with van der Waals surface area (Å²) < 4.78 is 50.3. The van der Waals surface area contributed by atoms with Gasteiger partial charge in [-0.2, -0.15) is 0 Å². The van der Waals surface area contributed by atoms with Gasteiger partial charge in [-0.25, -0.2) is 17.6 Å². The van der Waals surface area contributed by atoms with Crippen molar-refractivity contribution < 1.29 is 22.7 Å². The third kappa shape index (κ3) is 2.00. The molecule has 0 bridgehead atoms. The van der Waals surface area contributed by atoms with Gasteiger partial charge in [0.25, 0.3) is 5.92 Å². The van der Waals surface area contributed by atoms with E-state index in [1.54, 1.807) is 0 Å². The maximum atomic E-state index is 12.9. The lowest BCUT2D eigenvalue weighted by Gasteiger charge is -2.29. The molecule has 3 atom stereocenters. The molecule has 2 nitrogen and oxygen atoms in total. The minimum atomic E-state index is -3.15. The summed E-state index contributed by atoms with van der Waals surface area (Å²) >= 11 is 0. The Morgan fingerprint density at radius 3 is 2.43 bits per heavy atom. The van der Waals surface area contributed by atoms with Crippen LogP contribution in [0.4, 0.5) is 17.6 Å². The van der Waals surface area contributed by atoms with Gasteiger partial charge in [-0.1, -0.05) is 0 Å². The largest absolute Gasteiger partial charge is 0.387 e. The predicted molar refractivity (Wildman–Crippen MR) is 42.5 cm³/mol. The summed E-state index contributed by atoms with van der Waals surface area (Å²) in [5, 5.41) is 9.50. The number of halogens is 4. The summed E-state index contributed by atoms with van der Waals surface area (Å²) in [5.74, 6) is -4.37. The van der Waals surface area contributed by atoms with E-state index in [2.05, 4.69) is 0 Å². The first-order chi connectivity index (χ1) is 6.34. The van der Waals surface area contributed by atoms with Gasteiger partial charge < -0.3 is 10.8 Å². The molecule has 0 radical (unpaired) electrons. The molecule has 0 aromatic heterocycles. The first kappa shape index (κ1) is 11.7. The number of aliphatic hydroxyl groups is 1. The van der Waals surface area contributed by atoms with Crippen LogP contribution in [0.1, 0.15) is 12.8 Å². The van der Waals surface area contributed by atoms with Crippen LogP contribution in [0.3, 0.4) is 0 Å². The van der Waals surface area contributed by atoms with Crippen molar-refractivity contribution in [2.24, 2.45) is 11.7 Å². The monoisotopic (exact) mass is 215 g/mol. The van der Waals surface area contributed by atoms with Crippen LogP contribution >= 0.6 is 0 Å². The number of nitrogens with two attached hydrogens (primary N) is 1. The molecule has 3 unspecified atom stereocenters. The number of rotatable bonds is 3. The van der Waals surface area contributed by atoms with Gasteiger partial charge in [0.15, 0.2) is 0 Å². The van der Waals surface area contributed by atoms with Crippen molar-refractivity contribution >= 4 is 0 Å². The van der Waals surface area contributed by atoms with Crippen LogP contribution in [0, 0.1) is 5.92 Å². The molecule has 84 valence electrons. The van der Waals surface area contributed by atoms with E-state index < -0.39 is 49.7 Å². The third-order valence-electron chi connectivity index (χ3n) is 2.70. The maximum absolute atomic E-state index is 12.9. The Kier molecular flexibility index (Phi) is 3.06. The van der Waals surface area contributed by atoms with Crippen molar-refractivity contribution in [2.75, 3.05) is 13.3 Å². The molecule has 1 rings (SSSR count). The zero-order valence-electron chi connectivity index (χ0n) is 7.52. The lowest BCUT2D eigenvalue weighted by molar-refractivity contribution is -0.0542. The summed E-state index contributed by atoms with van der Waals surface area (Å²) in [6.07, 6.45) is -1.73. The van der Waals surface area contributed by atoms with E-state index in [9.17, 15) is 22.7 Å². The molecule has 14 heavy (non-hydrogen) atoms. The molecule has 1 aliphatic carbocycles. The first-order valence-electron chi connectivity index (χ1n) is 4.32. The molecule has 0 saturated heterocycles. The van der Waals surface area contributed by atoms with Gasteiger partial charge in [-0.05, 0) is 0 Å². The molecule has 6 heteroatoms. The summed E-state index contributed by atoms with van der Waals surface area (Å²) in [6.45, 7) is -2.36. The van der Waals surface area contributed by atoms with Crippen LogP contribution in [0.2, 0.25) is 0 Å². The lowest BCUT2D eigenvalue weighted by Crippen LogP contribution is -2.46. The van der Waals surface area contributed by atoms with Crippen LogP contribution < -0.4 is 5.73 Å². The van der Waals surface area contributed by atoms with Gasteiger partial charge in [-0.3, -0.25) is 0 Å². The SMILES string of the molecule is NC(CF)C1CC(F)(F)CC1(O)CF. The predicted octanol–water partition coefficient (Wildman–Crippen LogP) is 1.03. The van der Waals surface area contributed by atoms with Crippen molar-refractivity contribution in [2.45, 2.75) is 30.4 Å². The Labute approximate surface area is 79.1 Å². The highest BCUT2D eigenvalue weighted by atomic mass is 19.3. The van der Waals surface area contributed by atoms with Gasteiger partial charge >= 0.3 is 0 Å². The second kappa shape index (κ2) is 3.66. The lowest BCUT2D eigenvalue weighted by atomic mass is 9.87. The number of hydrogen-bond acceptors (Lipinski definition) is 2. The third-order valence-corrected chi connectivity index (χ3v) is 2.70. The van der Waals surface area contributed by atoms with Crippen LogP contribution in [-0.4, -0.2) is 36.0 Å². The molecule has 0 aliphatic heterocycles. The molecule has 1 aliphatic rings. The maximum Gasteiger partial charge on any atom is 0.251 e. The zero-order valence-corrected chi connectivity index (χ0v) is 7.52. The zero-order chi connectivity index (χ0) is 11.0. The molecule has 0 aromatic rings. The topological polar surface area (TPSA) is 46.2 Å². The number of alkyl halides is 4. The van der Waals surface area contributed by atoms with Gasteiger partial charge in [0.05, 0.1) is 0 Å². The molecule has 0 amide bonds. The van der Waals surface area contributed by atoms with E-state index in [0.29, 0.717) is 0 Å². The molecule has 0 heterocycles. The average Bonchev–Trinajstić information content (AvgIpc) is 2.36. The summed E-state index contributed by atoms with van der Waals surface area (Å²) in [5.41, 5.74) is 3.04. The Morgan fingerprint density at radius 1 is 1.43 bits per heavy atom. The molecule has 1 saturated carbocycles.